The monoisotopic (exact) mass is 298 g/mol. The molecule has 112 valence electrons. The summed E-state index contributed by atoms with van der Waals surface area (Å²) in [6.45, 7) is 8.26. The van der Waals surface area contributed by atoms with Crippen molar-refractivity contribution in [3.63, 3.8) is 0 Å². The highest BCUT2D eigenvalue weighted by molar-refractivity contribution is 7.10. The molecule has 6 heteroatoms. The molecule has 0 bridgehead atoms. The minimum atomic E-state index is -0.589. The Hall–Kier alpha value is -1.56. The summed E-state index contributed by atoms with van der Waals surface area (Å²) < 4.78 is 4.81. The predicted octanol–water partition coefficient (Wildman–Crippen LogP) is 2.44. The average molecular weight is 298 g/mol. The van der Waals surface area contributed by atoms with E-state index in [9.17, 15) is 9.59 Å². The minimum absolute atomic E-state index is 0.0103. The summed E-state index contributed by atoms with van der Waals surface area (Å²) in [5, 5.41) is 7.44. The normalized spacial score (nSPS) is 12.1. The molecule has 1 rings (SSSR count). The molecule has 1 aromatic heterocycles. The highest BCUT2D eigenvalue weighted by Gasteiger charge is 2.24. The fourth-order valence-corrected chi connectivity index (χ4v) is 2.54. The Morgan fingerprint density at radius 2 is 2.10 bits per heavy atom. The van der Waals surface area contributed by atoms with E-state index in [2.05, 4.69) is 10.6 Å². The lowest BCUT2D eigenvalue weighted by molar-refractivity contribution is -0.124. The Balaban J connectivity index is 2.56. The van der Waals surface area contributed by atoms with E-state index in [4.69, 9.17) is 4.74 Å². The number of thiophene rings is 1. The second-order valence-electron chi connectivity index (χ2n) is 4.83. The number of hydrogen-bond donors (Lipinski definition) is 2. The van der Waals surface area contributed by atoms with Crippen LogP contribution >= 0.6 is 11.3 Å². The standard InChI is InChI=1S/C14H22N2O3S/c1-5-19-14(18)16-12(9(2)3)13(17)15-8-11-10(4)6-7-20-11/h6-7,9,12H,5,8H2,1-4H3,(H,15,17)(H,16,18)/t12-/m0/s1. The molecule has 20 heavy (non-hydrogen) atoms. The molecule has 1 atom stereocenters. The van der Waals surface area contributed by atoms with Crippen molar-refractivity contribution in [1.82, 2.24) is 10.6 Å². The molecule has 0 saturated carbocycles. The fraction of sp³-hybridized carbons (Fsp3) is 0.571. The SMILES string of the molecule is CCOC(=O)N[C@H](C(=O)NCc1sccc1C)C(C)C. The van der Waals surface area contributed by atoms with Gasteiger partial charge in [0.2, 0.25) is 5.91 Å². The Kier molecular flexibility index (Phi) is 6.51. The van der Waals surface area contributed by atoms with Gasteiger partial charge in [0.15, 0.2) is 0 Å². The van der Waals surface area contributed by atoms with E-state index in [-0.39, 0.29) is 18.4 Å². The van der Waals surface area contributed by atoms with Crippen LogP contribution in [0.1, 0.15) is 31.2 Å². The third-order valence-corrected chi connectivity index (χ3v) is 3.91. The molecular weight excluding hydrogens is 276 g/mol. The van der Waals surface area contributed by atoms with Crippen molar-refractivity contribution in [3.8, 4) is 0 Å². The number of rotatable bonds is 6. The molecule has 0 saturated heterocycles. The first-order valence-corrected chi connectivity index (χ1v) is 7.57. The Bertz CT molecular complexity index is 457. The molecule has 1 aromatic rings. The summed E-state index contributed by atoms with van der Waals surface area (Å²) in [4.78, 5) is 24.7. The van der Waals surface area contributed by atoms with Gasteiger partial charge in [0, 0.05) is 4.88 Å². The lowest BCUT2D eigenvalue weighted by Crippen LogP contribution is -2.49. The molecule has 0 unspecified atom stereocenters. The summed E-state index contributed by atoms with van der Waals surface area (Å²) in [5.74, 6) is -0.204. The third-order valence-electron chi connectivity index (χ3n) is 2.89. The number of amides is 2. The van der Waals surface area contributed by atoms with Gasteiger partial charge in [-0.25, -0.2) is 4.79 Å². The molecule has 2 amide bonds. The van der Waals surface area contributed by atoms with E-state index >= 15 is 0 Å². The first-order valence-electron chi connectivity index (χ1n) is 6.69. The van der Waals surface area contributed by atoms with Gasteiger partial charge in [0.25, 0.3) is 0 Å². The maximum absolute atomic E-state index is 12.2. The van der Waals surface area contributed by atoms with E-state index in [1.165, 1.54) is 0 Å². The summed E-state index contributed by atoms with van der Waals surface area (Å²) >= 11 is 1.61. The van der Waals surface area contributed by atoms with Gasteiger partial charge < -0.3 is 15.4 Å². The minimum Gasteiger partial charge on any atom is -0.450 e. The van der Waals surface area contributed by atoms with E-state index in [0.29, 0.717) is 6.54 Å². The van der Waals surface area contributed by atoms with Crippen LogP contribution in [0.15, 0.2) is 11.4 Å². The molecule has 1 heterocycles. The first-order chi connectivity index (χ1) is 9.45. The van der Waals surface area contributed by atoms with Crippen LogP contribution in [0, 0.1) is 12.8 Å². The molecule has 0 fully saturated rings. The van der Waals surface area contributed by atoms with Crippen LogP contribution in [-0.4, -0.2) is 24.6 Å². The van der Waals surface area contributed by atoms with Gasteiger partial charge in [0.1, 0.15) is 6.04 Å². The number of alkyl carbamates (subject to hydrolysis) is 1. The van der Waals surface area contributed by atoms with E-state index in [1.54, 1.807) is 18.3 Å². The van der Waals surface area contributed by atoms with Gasteiger partial charge in [-0.15, -0.1) is 11.3 Å². The Morgan fingerprint density at radius 3 is 2.60 bits per heavy atom. The van der Waals surface area contributed by atoms with Crippen molar-refractivity contribution in [2.45, 2.75) is 40.3 Å². The second kappa shape index (κ2) is 7.89. The number of nitrogens with one attached hydrogen (secondary N) is 2. The fourth-order valence-electron chi connectivity index (χ4n) is 1.70. The van der Waals surface area contributed by atoms with Crippen molar-refractivity contribution >= 4 is 23.3 Å². The van der Waals surface area contributed by atoms with Crippen LogP contribution in [-0.2, 0) is 16.1 Å². The van der Waals surface area contributed by atoms with Crippen molar-refractivity contribution in [3.05, 3.63) is 21.9 Å². The number of ether oxygens (including phenoxy) is 1. The predicted molar refractivity (Wildman–Crippen MR) is 79.7 cm³/mol. The van der Waals surface area contributed by atoms with Gasteiger partial charge in [-0.1, -0.05) is 13.8 Å². The topological polar surface area (TPSA) is 67.4 Å². The van der Waals surface area contributed by atoms with Gasteiger partial charge in [-0.3, -0.25) is 4.79 Å². The van der Waals surface area contributed by atoms with Gasteiger partial charge >= 0.3 is 6.09 Å². The van der Waals surface area contributed by atoms with Crippen LogP contribution in [0.2, 0.25) is 0 Å². The van der Waals surface area contributed by atoms with Gasteiger partial charge in [-0.2, -0.15) is 0 Å². The smallest absolute Gasteiger partial charge is 0.407 e. The van der Waals surface area contributed by atoms with Crippen molar-refractivity contribution in [1.29, 1.82) is 0 Å². The van der Waals surface area contributed by atoms with E-state index in [1.807, 2.05) is 32.2 Å². The number of hydrogen-bond acceptors (Lipinski definition) is 4. The maximum atomic E-state index is 12.2. The molecule has 0 aliphatic heterocycles. The summed E-state index contributed by atoms with van der Waals surface area (Å²) in [5.41, 5.74) is 1.16. The molecule has 0 aliphatic carbocycles. The van der Waals surface area contributed by atoms with Crippen LogP contribution < -0.4 is 10.6 Å². The molecule has 0 aliphatic rings. The van der Waals surface area contributed by atoms with Crippen LogP contribution in [0.3, 0.4) is 0 Å². The largest absolute Gasteiger partial charge is 0.450 e. The highest BCUT2D eigenvalue weighted by atomic mass is 32.1. The third kappa shape index (κ3) is 4.85. The second-order valence-corrected chi connectivity index (χ2v) is 5.83. The Morgan fingerprint density at radius 1 is 1.40 bits per heavy atom. The molecular formula is C14H22N2O3S. The quantitative estimate of drug-likeness (QED) is 0.847. The number of carbonyl (C=O) groups excluding carboxylic acids is 2. The maximum Gasteiger partial charge on any atom is 0.407 e. The number of aryl methyl sites for hydroxylation is 1. The molecule has 0 radical (unpaired) electrons. The van der Waals surface area contributed by atoms with Gasteiger partial charge in [0.05, 0.1) is 13.2 Å². The summed E-state index contributed by atoms with van der Waals surface area (Å²) in [6, 6.07) is 1.43. The van der Waals surface area contributed by atoms with Crippen LogP contribution in [0.4, 0.5) is 4.79 Å². The van der Waals surface area contributed by atoms with E-state index < -0.39 is 12.1 Å². The van der Waals surface area contributed by atoms with Crippen molar-refractivity contribution in [2.75, 3.05) is 6.61 Å². The molecule has 0 aromatic carbocycles. The van der Waals surface area contributed by atoms with Crippen LogP contribution in [0.5, 0.6) is 0 Å². The van der Waals surface area contributed by atoms with E-state index in [0.717, 1.165) is 10.4 Å². The van der Waals surface area contributed by atoms with Gasteiger partial charge in [-0.05, 0) is 36.8 Å². The summed E-state index contributed by atoms with van der Waals surface area (Å²) in [6.07, 6.45) is -0.561. The lowest BCUT2D eigenvalue weighted by Gasteiger charge is -2.21. The van der Waals surface area contributed by atoms with Crippen molar-refractivity contribution < 1.29 is 14.3 Å². The lowest BCUT2D eigenvalue weighted by atomic mass is 10.0. The highest BCUT2D eigenvalue weighted by Crippen LogP contribution is 2.15. The average Bonchev–Trinajstić information content (AvgIpc) is 2.78. The van der Waals surface area contributed by atoms with Crippen molar-refractivity contribution in [2.24, 2.45) is 5.92 Å². The molecule has 5 nitrogen and oxygen atoms in total. The molecule has 2 N–H and O–H groups in total. The zero-order valence-corrected chi connectivity index (χ0v) is 13.2. The first kappa shape index (κ1) is 16.5. The number of carbonyl (C=O) groups is 2. The zero-order chi connectivity index (χ0) is 15.1. The van der Waals surface area contributed by atoms with Crippen LogP contribution in [0.25, 0.3) is 0 Å². The zero-order valence-electron chi connectivity index (χ0n) is 12.4. The molecule has 0 spiro atoms. The Labute approximate surface area is 123 Å². The summed E-state index contributed by atoms with van der Waals surface area (Å²) in [7, 11) is 0.